The molecule has 76 valence electrons. The van der Waals surface area contributed by atoms with Crippen LogP contribution in [0.1, 0.15) is 5.69 Å². The monoisotopic (exact) mass is 202 g/mol. The average Bonchev–Trinajstić information content (AvgIpc) is 2.75. The molecule has 0 bridgehead atoms. The van der Waals surface area contributed by atoms with Crippen molar-refractivity contribution < 1.29 is 4.74 Å². The molecule has 0 radical (unpaired) electrons. The van der Waals surface area contributed by atoms with Crippen LogP contribution in [0.4, 0.5) is 5.82 Å². The summed E-state index contributed by atoms with van der Waals surface area (Å²) in [5, 5.41) is 11.9. The number of rotatable bonds is 2. The Hall–Kier alpha value is -1.67. The zero-order chi connectivity index (χ0) is 10.3. The van der Waals surface area contributed by atoms with Crippen LogP contribution < -0.4 is 5.32 Å². The molecule has 5 nitrogen and oxygen atoms in total. The number of hydrogen-bond donors (Lipinski definition) is 1. The van der Waals surface area contributed by atoms with Crippen molar-refractivity contribution in [1.29, 1.82) is 5.26 Å². The van der Waals surface area contributed by atoms with Crippen LogP contribution in [-0.4, -0.2) is 29.2 Å². The molecular formula is C10H10N4O. The zero-order valence-corrected chi connectivity index (χ0v) is 8.05. The highest BCUT2D eigenvalue weighted by Gasteiger charge is 2.54. The fraction of sp³-hybridized carbons (Fsp3) is 0.500. The molecule has 1 aliphatic carbocycles. The minimum atomic E-state index is 0.347. The van der Waals surface area contributed by atoms with Crippen LogP contribution in [0.3, 0.4) is 0 Å². The molecule has 1 aromatic heterocycles. The van der Waals surface area contributed by atoms with E-state index in [0.29, 0.717) is 23.6 Å². The van der Waals surface area contributed by atoms with E-state index in [1.54, 1.807) is 6.20 Å². The Bertz CT molecular complexity index is 400. The van der Waals surface area contributed by atoms with Crippen LogP contribution in [0, 0.1) is 23.2 Å². The molecule has 1 aromatic rings. The molecule has 2 aliphatic rings. The largest absolute Gasteiger partial charge is 0.381 e. The molecule has 2 fully saturated rings. The molecule has 1 unspecified atom stereocenters. The van der Waals surface area contributed by atoms with Gasteiger partial charge < -0.3 is 10.1 Å². The first-order valence-corrected chi connectivity index (χ1v) is 4.95. The van der Waals surface area contributed by atoms with Crippen molar-refractivity contribution in [3.05, 3.63) is 18.1 Å². The van der Waals surface area contributed by atoms with E-state index in [0.717, 1.165) is 19.0 Å². The highest BCUT2D eigenvalue weighted by molar-refractivity contribution is 5.38. The van der Waals surface area contributed by atoms with E-state index in [1.165, 1.54) is 6.20 Å². The van der Waals surface area contributed by atoms with Crippen molar-refractivity contribution in [3.63, 3.8) is 0 Å². The maximum absolute atomic E-state index is 8.56. The normalized spacial score (nSPS) is 31.8. The Labute approximate surface area is 87.1 Å². The van der Waals surface area contributed by atoms with E-state index < -0.39 is 0 Å². The quantitative estimate of drug-likeness (QED) is 0.751. The predicted octanol–water partition coefficient (Wildman–Crippen LogP) is 0.405. The number of fused-ring (bicyclic) bond motifs is 1. The molecule has 3 atom stereocenters. The molecule has 1 saturated heterocycles. The van der Waals surface area contributed by atoms with Gasteiger partial charge in [0, 0.05) is 17.9 Å². The van der Waals surface area contributed by atoms with Gasteiger partial charge >= 0.3 is 0 Å². The minimum absolute atomic E-state index is 0.347. The fourth-order valence-electron chi connectivity index (χ4n) is 2.08. The average molecular weight is 202 g/mol. The number of nitrogens with zero attached hydrogens (tertiary/aromatic N) is 3. The van der Waals surface area contributed by atoms with E-state index in [1.807, 2.05) is 6.07 Å². The Morgan fingerprint density at radius 3 is 2.73 bits per heavy atom. The van der Waals surface area contributed by atoms with E-state index in [9.17, 15) is 0 Å². The lowest BCUT2D eigenvalue weighted by Crippen LogP contribution is -2.13. The van der Waals surface area contributed by atoms with Crippen LogP contribution in [0.5, 0.6) is 0 Å². The van der Waals surface area contributed by atoms with Gasteiger partial charge in [0.25, 0.3) is 0 Å². The Balaban J connectivity index is 1.66. The van der Waals surface area contributed by atoms with Gasteiger partial charge in [0.2, 0.25) is 0 Å². The van der Waals surface area contributed by atoms with Crippen LogP contribution >= 0.6 is 0 Å². The summed E-state index contributed by atoms with van der Waals surface area (Å²) in [6, 6.07) is 2.43. The second-order valence-corrected chi connectivity index (χ2v) is 3.93. The van der Waals surface area contributed by atoms with Crippen molar-refractivity contribution >= 4 is 5.82 Å². The number of aromatic nitrogens is 2. The van der Waals surface area contributed by atoms with Gasteiger partial charge in [0.05, 0.1) is 25.6 Å². The van der Waals surface area contributed by atoms with Crippen LogP contribution in [0.2, 0.25) is 0 Å². The van der Waals surface area contributed by atoms with Gasteiger partial charge in [-0.2, -0.15) is 5.26 Å². The Morgan fingerprint density at radius 2 is 2.13 bits per heavy atom. The number of nitriles is 1. The maximum Gasteiger partial charge on any atom is 0.158 e. The van der Waals surface area contributed by atoms with Gasteiger partial charge in [-0.3, -0.25) is 0 Å². The molecule has 3 rings (SSSR count). The molecule has 15 heavy (non-hydrogen) atoms. The molecule has 0 amide bonds. The molecule has 0 aromatic carbocycles. The van der Waals surface area contributed by atoms with Gasteiger partial charge in [-0.15, -0.1) is 0 Å². The summed E-state index contributed by atoms with van der Waals surface area (Å²) in [4.78, 5) is 8.07. The third-order valence-electron chi connectivity index (χ3n) is 3.03. The topological polar surface area (TPSA) is 70.8 Å². The first-order chi connectivity index (χ1) is 7.38. The van der Waals surface area contributed by atoms with E-state index in [-0.39, 0.29) is 0 Å². The van der Waals surface area contributed by atoms with Gasteiger partial charge in [0.15, 0.2) is 5.69 Å². The minimum Gasteiger partial charge on any atom is -0.381 e. The fourth-order valence-corrected chi connectivity index (χ4v) is 2.08. The van der Waals surface area contributed by atoms with E-state index in [4.69, 9.17) is 10.00 Å². The summed E-state index contributed by atoms with van der Waals surface area (Å²) in [6.45, 7) is 1.71. The highest BCUT2D eigenvalue weighted by atomic mass is 16.5. The van der Waals surface area contributed by atoms with E-state index in [2.05, 4.69) is 15.3 Å². The summed E-state index contributed by atoms with van der Waals surface area (Å²) in [7, 11) is 0. The Morgan fingerprint density at radius 1 is 1.33 bits per heavy atom. The van der Waals surface area contributed by atoms with Crippen molar-refractivity contribution in [1.82, 2.24) is 9.97 Å². The zero-order valence-electron chi connectivity index (χ0n) is 8.05. The van der Waals surface area contributed by atoms with Crippen LogP contribution in [0.15, 0.2) is 12.4 Å². The standard InChI is InChI=1S/C10H10N4O/c11-1-6-2-13-9(3-12-6)14-10-7-4-15-5-8(7)10/h2-3,7-8,10H,4-5H2,(H,13,14)/t7-,8+,10?. The molecule has 1 aliphatic heterocycles. The number of hydrogen-bond acceptors (Lipinski definition) is 5. The second kappa shape index (κ2) is 3.17. The Kier molecular flexibility index (Phi) is 1.82. The number of ether oxygens (including phenoxy) is 1. The smallest absolute Gasteiger partial charge is 0.158 e. The van der Waals surface area contributed by atoms with Crippen LogP contribution in [0.25, 0.3) is 0 Å². The highest BCUT2D eigenvalue weighted by Crippen LogP contribution is 2.45. The van der Waals surface area contributed by atoms with Gasteiger partial charge in [0.1, 0.15) is 11.9 Å². The first kappa shape index (κ1) is 8.62. The summed E-state index contributed by atoms with van der Waals surface area (Å²) in [5.41, 5.74) is 0.347. The van der Waals surface area contributed by atoms with Crippen LogP contribution in [-0.2, 0) is 4.74 Å². The van der Waals surface area contributed by atoms with Gasteiger partial charge in [-0.1, -0.05) is 0 Å². The first-order valence-electron chi connectivity index (χ1n) is 4.95. The van der Waals surface area contributed by atoms with Gasteiger partial charge in [-0.05, 0) is 0 Å². The summed E-state index contributed by atoms with van der Waals surface area (Å²) >= 11 is 0. The SMILES string of the molecule is N#Cc1cnc(NC2[C@H]3COC[C@@H]23)cn1. The lowest BCUT2D eigenvalue weighted by atomic mass is 10.4. The number of nitrogens with one attached hydrogen (secondary N) is 1. The van der Waals surface area contributed by atoms with E-state index >= 15 is 0 Å². The summed E-state index contributed by atoms with van der Waals surface area (Å²) in [6.07, 6.45) is 3.09. The molecule has 0 spiro atoms. The summed E-state index contributed by atoms with van der Waals surface area (Å²) in [5.74, 6) is 2.03. The molecule has 1 saturated carbocycles. The summed E-state index contributed by atoms with van der Waals surface area (Å²) < 4.78 is 5.29. The molecular weight excluding hydrogens is 192 g/mol. The third kappa shape index (κ3) is 1.43. The maximum atomic E-state index is 8.56. The number of anilines is 1. The lowest BCUT2D eigenvalue weighted by Gasteiger charge is -2.06. The van der Waals surface area contributed by atoms with Crippen molar-refractivity contribution in [2.45, 2.75) is 6.04 Å². The van der Waals surface area contributed by atoms with Crippen molar-refractivity contribution in [2.24, 2.45) is 11.8 Å². The molecule has 1 N–H and O–H groups in total. The second-order valence-electron chi connectivity index (χ2n) is 3.93. The predicted molar refractivity (Wildman–Crippen MR) is 52.0 cm³/mol. The molecule has 2 heterocycles. The van der Waals surface area contributed by atoms with Crippen molar-refractivity contribution in [3.8, 4) is 6.07 Å². The lowest BCUT2D eigenvalue weighted by molar-refractivity contribution is 0.162. The molecule has 5 heteroatoms. The third-order valence-corrected chi connectivity index (χ3v) is 3.03. The van der Waals surface area contributed by atoms with Crippen molar-refractivity contribution in [2.75, 3.05) is 18.5 Å². The van der Waals surface area contributed by atoms with Gasteiger partial charge in [-0.25, -0.2) is 9.97 Å².